The van der Waals surface area contributed by atoms with Crippen LogP contribution in [0.4, 0.5) is 0 Å². The molecule has 0 aromatic heterocycles. The Labute approximate surface area is 134 Å². The van der Waals surface area contributed by atoms with Crippen molar-refractivity contribution in [2.24, 2.45) is 22.7 Å². The normalized spacial score (nSPS) is 39.4. The van der Waals surface area contributed by atoms with Gasteiger partial charge in [-0.25, -0.2) is 0 Å². The summed E-state index contributed by atoms with van der Waals surface area (Å²) in [5, 5.41) is 0.937. The summed E-state index contributed by atoms with van der Waals surface area (Å²) in [7, 11) is 0. The second-order valence-electron chi connectivity index (χ2n) is 6.44. The minimum absolute atomic E-state index is 0.170. The molecule has 1 aromatic carbocycles. The lowest BCUT2D eigenvalue weighted by Gasteiger charge is -2.35. The lowest BCUT2D eigenvalue weighted by Crippen LogP contribution is -2.53. The van der Waals surface area contributed by atoms with Crippen molar-refractivity contribution in [2.45, 2.75) is 6.42 Å². The van der Waals surface area contributed by atoms with Gasteiger partial charge in [0.25, 0.3) is 17.7 Å². The van der Waals surface area contributed by atoms with E-state index in [1.54, 1.807) is 24.3 Å². The van der Waals surface area contributed by atoms with Gasteiger partial charge in [-0.3, -0.25) is 19.8 Å². The van der Waals surface area contributed by atoms with Crippen LogP contribution in [0.15, 0.2) is 40.9 Å². The molecule has 22 heavy (non-hydrogen) atoms. The molecular formula is C16H11BrN2O3. The Morgan fingerprint density at radius 2 is 2.00 bits per heavy atom. The third-order valence-electron chi connectivity index (χ3n) is 5.77. The molecule has 2 bridgehead atoms. The van der Waals surface area contributed by atoms with E-state index in [0.29, 0.717) is 5.56 Å². The van der Waals surface area contributed by atoms with Crippen LogP contribution >= 0.6 is 15.9 Å². The van der Waals surface area contributed by atoms with E-state index in [9.17, 15) is 14.4 Å². The number of imide groups is 1. The number of hydrogen-bond acceptors (Lipinski definition) is 3. The Kier molecular flexibility index (Phi) is 2.01. The monoisotopic (exact) mass is 358 g/mol. The van der Waals surface area contributed by atoms with Gasteiger partial charge in [-0.1, -0.05) is 28.1 Å². The maximum absolute atomic E-state index is 12.7. The van der Waals surface area contributed by atoms with E-state index in [-0.39, 0.29) is 29.1 Å². The minimum Gasteiger partial charge on any atom is -0.272 e. The Morgan fingerprint density at radius 3 is 2.64 bits per heavy atom. The molecule has 0 radical (unpaired) electrons. The summed E-state index contributed by atoms with van der Waals surface area (Å²) < 4.78 is 0.858. The van der Waals surface area contributed by atoms with Gasteiger partial charge in [0, 0.05) is 15.5 Å². The third-order valence-corrected chi connectivity index (χ3v) is 6.30. The molecule has 3 fully saturated rings. The molecule has 1 heterocycles. The molecule has 2 saturated carbocycles. The zero-order valence-corrected chi connectivity index (χ0v) is 13.0. The standard InChI is InChI=1S/C16H11BrN2O3/c17-10-3-1-8(2-4-10)12(20)18-19-13(21)11-15-6-5-9(7-15)16(11,15)14(19)22/h1-6,9,11H,7H2,(H,18,20)/t9?,11-,15?,16-/m0/s1. The van der Waals surface area contributed by atoms with Crippen LogP contribution in [0, 0.1) is 22.7 Å². The van der Waals surface area contributed by atoms with Crippen molar-refractivity contribution < 1.29 is 14.4 Å². The molecule has 3 amide bonds. The third kappa shape index (κ3) is 1.07. The highest BCUT2D eigenvalue weighted by molar-refractivity contribution is 9.10. The highest BCUT2D eigenvalue weighted by Gasteiger charge is 2.97. The van der Waals surface area contributed by atoms with E-state index >= 15 is 0 Å². The second kappa shape index (κ2) is 3.51. The highest BCUT2D eigenvalue weighted by Crippen LogP contribution is 2.91. The van der Waals surface area contributed by atoms with Gasteiger partial charge >= 0.3 is 0 Å². The fourth-order valence-electron chi connectivity index (χ4n) is 4.82. The predicted molar refractivity (Wildman–Crippen MR) is 79.1 cm³/mol. The van der Waals surface area contributed by atoms with Crippen LogP contribution in [0.25, 0.3) is 0 Å². The van der Waals surface area contributed by atoms with Crippen LogP contribution in [-0.4, -0.2) is 22.7 Å². The number of nitrogens with zero attached hydrogens (tertiary/aromatic N) is 1. The van der Waals surface area contributed by atoms with Crippen LogP contribution in [0.1, 0.15) is 16.8 Å². The topological polar surface area (TPSA) is 66.5 Å². The van der Waals surface area contributed by atoms with Gasteiger partial charge in [0.15, 0.2) is 0 Å². The fourth-order valence-corrected chi connectivity index (χ4v) is 5.08. The summed E-state index contributed by atoms with van der Waals surface area (Å²) in [5.41, 5.74) is 2.10. The first kappa shape index (κ1) is 12.6. The molecule has 1 saturated heterocycles. The number of nitrogens with one attached hydrogen (secondary N) is 1. The molecule has 2 unspecified atom stereocenters. The first-order valence-electron chi connectivity index (χ1n) is 7.17. The highest BCUT2D eigenvalue weighted by atomic mass is 79.9. The molecular weight excluding hydrogens is 348 g/mol. The van der Waals surface area contributed by atoms with Crippen molar-refractivity contribution in [3.63, 3.8) is 0 Å². The SMILES string of the molecule is O=C(NN1C(=O)[C@H]2C34C=CC(C3)[C@@]24C1=O)c1ccc(Br)cc1. The smallest absolute Gasteiger partial charge is 0.270 e. The predicted octanol–water partition coefficient (Wildman–Crippen LogP) is 1.65. The van der Waals surface area contributed by atoms with Crippen LogP contribution in [0.3, 0.4) is 0 Å². The summed E-state index contributed by atoms with van der Waals surface area (Å²) in [6.45, 7) is 0. The van der Waals surface area contributed by atoms with Crippen molar-refractivity contribution in [3.8, 4) is 0 Å². The average molecular weight is 359 g/mol. The van der Waals surface area contributed by atoms with Gasteiger partial charge in [0.05, 0.1) is 11.3 Å². The van der Waals surface area contributed by atoms with Crippen molar-refractivity contribution in [2.75, 3.05) is 0 Å². The first-order chi connectivity index (χ1) is 10.5. The molecule has 4 atom stereocenters. The molecule has 5 aliphatic rings. The van der Waals surface area contributed by atoms with E-state index in [2.05, 4.69) is 21.4 Å². The zero-order chi connectivity index (χ0) is 15.3. The maximum atomic E-state index is 12.7. The molecule has 5 nitrogen and oxygen atoms in total. The van der Waals surface area contributed by atoms with Gasteiger partial charge in [-0.05, 0) is 36.6 Å². The number of piperidine rings is 1. The Balaban J connectivity index is 1.40. The Bertz CT molecular complexity index is 802. The van der Waals surface area contributed by atoms with Gasteiger partial charge in [-0.15, -0.1) is 0 Å². The van der Waals surface area contributed by atoms with Gasteiger partial charge < -0.3 is 0 Å². The number of allylic oxidation sites excluding steroid dienone is 2. The minimum atomic E-state index is -0.558. The number of hydrogen-bond donors (Lipinski definition) is 1. The van der Waals surface area contributed by atoms with E-state index in [0.717, 1.165) is 15.9 Å². The molecule has 110 valence electrons. The molecule has 1 N–H and O–H groups in total. The number of halogens is 1. The fraction of sp³-hybridized carbons (Fsp3) is 0.312. The van der Waals surface area contributed by atoms with Crippen LogP contribution in [0.2, 0.25) is 0 Å². The molecule has 4 aliphatic carbocycles. The molecule has 2 spiro atoms. The van der Waals surface area contributed by atoms with Crippen LogP contribution in [-0.2, 0) is 9.59 Å². The summed E-state index contributed by atoms with van der Waals surface area (Å²) in [6.07, 6.45) is 4.98. The number of amides is 3. The lowest BCUT2D eigenvalue weighted by atomic mass is 9.70. The lowest BCUT2D eigenvalue weighted by molar-refractivity contribution is -0.150. The number of carbonyl (C=O) groups is 3. The van der Waals surface area contributed by atoms with Crippen molar-refractivity contribution in [1.82, 2.24) is 10.4 Å². The largest absolute Gasteiger partial charge is 0.272 e. The Hall–Kier alpha value is -1.95. The zero-order valence-electron chi connectivity index (χ0n) is 11.4. The average Bonchev–Trinajstić information content (AvgIpc) is 2.92. The quantitative estimate of drug-likeness (QED) is 0.645. The van der Waals surface area contributed by atoms with E-state index in [4.69, 9.17) is 0 Å². The number of benzene rings is 1. The molecule has 1 aliphatic heterocycles. The summed E-state index contributed by atoms with van der Waals surface area (Å²) >= 11 is 3.30. The van der Waals surface area contributed by atoms with Crippen molar-refractivity contribution in [3.05, 3.63) is 46.5 Å². The Morgan fingerprint density at radius 1 is 1.27 bits per heavy atom. The van der Waals surface area contributed by atoms with Gasteiger partial charge in [-0.2, -0.15) is 5.01 Å². The van der Waals surface area contributed by atoms with Crippen LogP contribution < -0.4 is 5.43 Å². The van der Waals surface area contributed by atoms with E-state index in [1.165, 1.54) is 0 Å². The molecule has 1 aromatic rings. The number of carbonyl (C=O) groups excluding carboxylic acids is 3. The van der Waals surface area contributed by atoms with Crippen LogP contribution in [0.5, 0.6) is 0 Å². The number of rotatable bonds is 2. The van der Waals surface area contributed by atoms with Crippen molar-refractivity contribution in [1.29, 1.82) is 0 Å². The number of hydrazine groups is 1. The van der Waals surface area contributed by atoms with E-state index in [1.807, 2.05) is 12.2 Å². The summed E-state index contributed by atoms with van der Waals surface area (Å²) in [6, 6.07) is 6.76. The van der Waals surface area contributed by atoms with Gasteiger partial charge in [0.2, 0.25) is 0 Å². The van der Waals surface area contributed by atoms with E-state index < -0.39 is 11.3 Å². The second-order valence-corrected chi connectivity index (χ2v) is 7.35. The van der Waals surface area contributed by atoms with Gasteiger partial charge in [0.1, 0.15) is 0 Å². The summed E-state index contributed by atoms with van der Waals surface area (Å²) in [4.78, 5) is 37.3. The van der Waals surface area contributed by atoms with Crippen molar-refractivity contribution >= 4 is 33.7 Å². The maximum Gasteiger partial charge on any atom is 0.270 e. The summed E-state index contributed by atoms with van der Waals surface area (Å²) in [5.74, 6) is -1.03. The first-order valence-corrected chi connectivity index (χ1v) is 7.96. The molecule has 6 heteroatoms. The molecule has 6 rings (SSSR count).